The summed E-state index contributed by atoms with van der Waals surface area (Å²) in [5.74, 6) is 0.631. The van der Waals surface area contributed by atoms with Crippen molar-refractivity contribution in [1.29, 1.82) is 0 Å². The fraction of sp³-hybridized carbons (Fsp3) is 0.360. The van der Waals surface area contributed by atoms with Crippen molar-refractivity contribution in [2.45, 2.75) is 46.3 Å². The summed E-state index contributed by atoms with van der Waals surface area (Å²) in [6, 6.07) is 9.81. The van der Waals surface area contributed by atoms with Gasteiger partial charge in [0.2, 0.25) is 0 Å². The first kappa shape index (κ1) is 21.7. The molecule has 7 heteroatoms. The predicted octanol–water partition coefficient (Wildman–Crippen LogP) is 3.30. The minimum atomic E-state index is -0.296. The van der Waals surface area contributed by atoms with E-state index in [1.54, 1.807) is 30.4 Å². The molecule has 1 aromatic carbocycles. The van der Waals surface area contributed by atoms with Gasteiger partial charge in [-0.3, -0.25) is 19.6 Å². The van der Waals surface area contributed by atoms with Gasteiger partial charge in [-0.15, -0.1) is 0 Å². The topological polar surface area (TPSA) is 77.3 Å². The van der Waals surface area contributed by atoms with Gasteiger partial charge in [-0.05, 0) is 44.5 Å². The smallest absolute Gasteiger partial charge is 0.264 e. The lowest BCUT2D eigenvalue weighted by Gasteiger charge is -2.32. The Morgan fingerprint density at radius 2 is 1.75 bits per heavy atom. The minimum Gasteiger partial charge on any atom is -0.490 e. The molecule has 0 aliphatic carbocycles. The fourth-order valence-corrected chi connectivity index (χ4v) is 3.87. The van der Waals surface area contributed by atoms with Gasteiger partial charge in [0.15, 0.2) is 0 Å². The highest BCUT2D eigenvalue weighted by Crippen LogP contribution is 2.21. The van der Waals surface area contributed by atoms with E-state index in [1.165, 1.54) is 10.1 Å². The van der Waals surface area contributed by atoms with E-state index >= 15 is 0 Å². The Kier molecular flexibility index (Phi) is 6.35. The molecular formula is C25H28N4O3. The summed E-state index contributed by atoms with van der Waals surface area (Å²) in [5, 5.41) is 0. The van der Waals surface area contributed by atoms with Crippen molar-refractivity contribution in [3.05, 3.63) is 87.4 Å². The van der Waals surface area contributed by atoms with Crippen LogP contribution in [0.5, 0.6) is 5.75 Å². The molecule has 0 unspecified atom stereocenters. The van der Waals surface area contributed by atoms with E-state index in [0.717, 1.165) is 24.3 Å². The van der Waals surface area contributed by atoms with Crippen molar-refractivity contribution in [2.75, 3.05) is 13.1 Å². The number of nitrogens with zero attached hydrogens (tertiary/aromatic N) is 4. The summed E-state index contributed by atoms with van der Waals surface area (Å²) in [6.07, 6.45) is 6.57. The van der Waals surface area contributed by atoms with Crippen LogP contribution >= 0.6 is 0 Å². The molecule has 2 aromatic heterocycles. The van der Waals surface area contributed by atoms with Gasteiger partial charge in [-0.1, -0.05) is 17.7 Å². The number of carbonyl (C=O) groups excluding carboxylic acids is 1. The molecule has 0 radical (unpaired) electrons. The number of hydrogen-bond donors (Lipinski definition) is 0. The van der Waals surface area contributed by atoms with Gasteiger partial charge in [0.1, 0.15) is 17.4 Å². The summed E-state index contributed by atoms with van der Waals surface area (Å²) in [6.45, 7) is 7.11. The minimum absolute atomic E-state index is 0.0652. The van der Waals surface area contributed by atoms with E-state index in [2.05, 4.69) is 9.97 Å². The summed E-state index contributed by atoms with van der Waals surface area (Å²) in [7, 11) is 0. The predicted molar refractivity (Wildman–Crippen MR) is 122 cm³/mol. The molecule has 0 atom stereocenters. The maximum Gasteiger partial charge on any atom is 0.264 e. The molecule has 0 N–H and O–H groups in total. The summed E-state index contributed by atoms with van der Waals surface area (Å²) in [5.41, 5.74) is 3.30. The highest BCUT2D eigenvalue weighted by Gasteiger charge is 2.27. The van der Waals surface area contributed by atoms with Gasteiger partial charge in [0.25, 0.3) is 11.5 Å². The molecule has 32 heavy (non-hydrogen) atoms. The molecule has 1 aliphatic heterocycles. The van der Waals surface area contributed by atoms with Crippen molar-refractivity contribution in [1.82, 2.24) is 19.4 Å². The van der Waals surface area contributed by atoms with Crippen LogP contribution in [0.25, 0.3) is 0 Å². The molecule has 1 amide bonds. The monoisotopic (exact) mass is 432 g/mol. The van der Waals surface area contributed by atoms with Crippen molar-refractivity contribution < 1.29 is 9.53 Å². The first-order chi connectivity index (χ1) is 15.4. The number of rotatable bonds is 5. The lowest BCUT2D eigenvalue weighted by molar-refractivity contribution is 0.0592. The highest BCUT2D eigenvalue weighted by atomic mass is 16.5. The number of likely N-dealkylation sites (tertiary alicyclic amines) is 1. The van der Waals surface area contributed by atoms with E-state index in [4.69, 9.17) is 4.74 Å². The SMILES string of the molecule is Cc1ccc(OC2CCN(C(=O)c3c(C)ccn(Cc4cnc(C)cn4)c3=O)CC2)cc1. The third-order valence-corrected chi connectivity index (χ3v) is 5.81. The Balaban J connectivity index is 1.44. The number of carbonyl (C=O) groups is 1. The highest BCUT2D eigenvalue weighted by molar-refractivity contribution is 5.95. The van der Waals surface area contributed by atoms with Crippen molar-refractivity contribution in [2.24, 2.45) is 0 Å². The Labute approximate surface area is 187 Å². The number of hydrogen-bond acceptors (Lipinski definition) is 5. The van der Waals surface area contributed by atoms with Crippen molar-refractivity contribution in [3.8, 4) is 5.75 Å². The van der Waals surface area contributed by atoms with Crippen LogP contribution in [0.15, 0.2) is 53.7 Å². The van der Waals surface area contributed by atoms with Crippen LogP contribution in [0, 0.1) is 20.8 Å². The molecule has 7 nitrogen and oxygen atoms in total. The zero-order valence-electron chi connectivity index (χ0n) is 18.7. The number of piperidine rings is 1. The number of aryl methyl sites for hydroxylation is 3. The second-order valence-corrected chi connectivity index (χ2v) is 8.38. The van der Waals surface area contributed by atoms with Gasteiger partial charge in [0.05, 0.1) is 24.1 Å². The van der Waals surface area contributed by atoms with Crippen LogP contribution in [0.3, 0.4) is 0 Å². The van der Waals surface area contributed by atoms with Crippen molar-refractivity contribution in [3.63, 3.8) is 0 Å². The standard InChI is InChI=1S/C25H28N4O3/c1-17-4-6-21(7-5-17)32-22-9-12-28(13-10-22)24(30)23-18(2)8-11-29(25(23)31)16-20-15-26-19(3)14-27-20/h4-8,11,14-15,22H,9-10,12-13,16H2,1-3H3. The van der Waals surface area contributed by atoms with Crippen molar-refractivity contribution >= 4 is 5.91 Å². The first-order valence-corrected chi connectivity index (χ1v) is 10.9. The lowest BCUT2D eigenvalue weighted by atomic mass is 10.0. The molecule has 1 saturated heterocycles. The molecular weight excluding hydrogens is 404 g/mol. The van der Waals surface area contributed by atoms with Crippen LogP contribution in [0.4, 0.5) is 0 Å². The first-order valence-electron chi connectivity index (χ1n) is 10.9. The van der Waals surface area contributed by atoms with Gasteiger partial charge < -0.3 is 14.2 Å². The van der Waals surface area contributed by atoms with Crippen LogP contribution in [-0.2, 0) is 6.54 Å². The van der Waals surface area contributed by atoms with Gasteiger partial charge in [0, 0.05) is 38.3 Å². The Morgan fingerprint density at radius 3 is 2.41 bits per heavy atom. The molecule has 3 aromatic rings. The Hall–Kier alpha value is -3.48. The molecule has 1 aliphatic rings. The van der Waals surface area contributed by atoms with Gasteiger partial charge in [-0.2, -0.15) is 0 Å². The largest absolute Gasteiger partial charge is 0.490 e. The fourth-order valence-electron chi connectivity index (χ4n) is 3.87. The molecule has 0 saturated carbocycles. The molecule has 4 rings (SSSR count). The number of ether oxygens (including phenoxy) is 1. The Bertz CT molecular complexity index is 1150. The van der Waals surface area contributed by atoms with Crippen LogP contribution < -0.4 is 10.3 Å². The average molecular weight is 433 g/mol. The normalized spacial score (nSPS) is 14.4. The Morgan fingerprint density at radius 1 is 1.03 bits per heavy atom. The van der Waals surface area contributed by atoms with Crippen LogP contribution in [0.2, 0.25) is 0 Å². The number of pyridine rings is 1. The maximum absolute atomic E-state index is 13.2. The average Bonchev–Trinajstić information content (AvgIpc) is 2.79. The quantitative estimate of drug-likeness (QED) is 0.618. The second-order valence-electron chi connectivity index (χ2n) is 8.38. The summed E-state index contributed by atoms with van der Waals surface area (Å²) >= 11 is 0. The van der Waals surface area contributed by atoms with Crippen LogP contribution in [0.1, 0.15) is 45.7 Å². The van der Waals surface area contributed by atoms with E-state index in [9.17, 15) is 9.59 Å². The number of benzene rings is 1. The van der Waals surface area contributed by atoms with Gasteiger partial charge in [-0.25, -0.2) is 0 Å². The molecule has 1 fully saturated rings. The second kappa shape index (κ2) is 9.34. The zero-order valence-corrected chi connectivity index (χ0v) is 18.7. The van der Waals surface area contributed by atoms with E-state index in [-0.39, 0.29) is 29.7 Å². The molecule has 0 spiro atoms. The van der Waals surface area contributed by atoms with Crippen LogP contribution in [-0.4, -0.2) is 44.5 Å². The number of amides is 1. The third kappa shape index (κ3) is 4.88. The molecule has 0 bridgehead atoms. The lowest BCUT2D eigenvalue weighted by Crippen LogP contribution is -2.44. The maximum atomic E-state index is 13.2. The molecule has 166 valence electrons. The number of aromatic nitrogens is 3. The van der Waals surface area contributed by atoms with E-state index < -0.39 is 0 Å². The molecule has 3 heterocycles. The summed E-state index contributed by atoms with van der Waals surface area (Å²) in [4.78, 5) is 36.7. The third-order valence-electron chi connectivity index (χ3n) is 5.81. The zero-order chi connectivity index (χ0) is 22.7. The van der Waals surface area contributed by atoms with E-state index in [0.29, 0.717) is 24.3 Å². The summed E-state index contributed by atoms with van der Waals surface area (Å²) < 4.78 is 7.59. The van der Waals surface area contributed by atoms with E-state index in [1.807, 2.05) is 44.2 Å². The van der Waals surface area contributed by atoms with Gasteiger partial charge >= 0.3 is 0 Å².